The summed E-state index contributed by atoms with van der Waals surface area (Å²) in [6.07, 6.45) is 0. The first-order chi connectivity index (χ1) is 10.1. The molecule has 1 unspecified atom stereocenters. The molecule has 0 fully saturated rings. The van der Waals surface area contributed by atoms with Crippen LogP contribution in [-0.4, -0.2) is 30.9 Å². The SMILES string of the molecule is COC(=O)C(CSc1ccc2ccccc2c1)NC(C)C. The average molecular weight is 303 g/mol. The summed E-state index contributed by atoms with van der Waals surface area (Å²) in [5.41, 5.74) is 0. The second kappa shape index (κ2) is 7.48. The van der Waals surface area contributed by atoms with Crippen LogP contribution in [0.25, 0.3) is 10.8 Å². The highest BCUT2D eigenvalue weighted by atomic mass is 32.2. The largest absolute Gasteiger partial charge is 0.468 e. The zero-order valence-corrected chi connectivity index (χ0v) is 13.4. The number of rotatable bonds is 6. The monoisotopic (exact) mass is 303 g/mol. The van der Waals surface area contributed by atoms with E-state index < -0.39 is 0 Å². The van der Waals surface area contributed by atoms with Crippen molar-refractivity contribution in [2.45, 2.75) is 30.8 Å². The Balaban J connectivity index is 2.06. The van der Waals surface area contributed by atoms with E-state index in [4.69, 9.17) is 4.74 Å². The number of hydrogen-bond acceptors (Lipinski definition) is 4. The van der Waals surface area contributed by atoms with Crippen molar-refractivity contribution in [2.75, 3.05) is 12.9 Å². The van der Waals surface area contributed by atoms with Gasteiger partial charge in [-0.15, -0.1) is 11.8 Å². The maximum atomic E-state index is 11.8. The second-order valence-corrected chi connectivity index (χ2v) is 6.31. The summed E-state index contributed by atoms with van der Waals surface area (Å²) < 4.78 is 4.86. The van der Waals surface area contributed by atoms with E-state index >= 15 is 0 Å². The van der Waals surface area contributed by atoms with Crippen LogP contribution in [0.4, 0.5) is 0 Å². The van der Waals surface area contributed by atoms with Crippen LogP contribution >= 0.6 is 11.8 Å². The quantitative estimate of drug-likeness (QED) is 0.655. The number of hydrogen-bond donors (Lipinski definition) is 1. The van der Waals surface area contributed by atoms with Gasteiger partial charge in [0, 0.05) is 16.7 Å². The standard InChI is InChI=1S/C17H21NO2S/c1-12(2)18-16(17(19)20-3)11-21-15-9-8-13-6-4-5-7-14(13)10-15/h4-10,12,16,18H,11H2,1-3H3. The van der Waals surface area contributed by atoms with Crippen molar-refractivity contribution >= 4 is 28.5 Å². The highest BCUT2D eigenvalue weighted by molar-refractivity contribution is 7.99. The molecule has 0 aliphatic heterocycles. The number of nitrogens with one attached hydrogen (secondary N) is 1. The van der Waals surface area contributed by atoms with Gasteiger partial charge in [-0.3, -0.25) is 4.79 Å². The van der Waals surface area contributed by atoms with Crippen LogP contribution in [0.5, 0.6) is 0 Å². The number of fused-ring (bicyclic) bond motifs is 1. The molecule has 0 heterocycles. The number of carbonyl (C=O) groups is 1. The third-order valence-electron chi connectivity index (χ3n) is 3.16. The van der Waals surface area contributed by atoms with Crippen LogP contribution in [0.15, 0.2) is 47.4 Å². The molecule has 2 aromatic rings. The lowest BCUT2D eigenvalue weighted by molar-refractivity contribution is -0.142. The molecule has 2 aromatic carbocycles. The Hall–Kier alpha value is -1.52. The van der Waals surface area contributed by atoms with Crippen LogP contribution in [0.3, 0.4) is 0 Å². The second-order valence-electron chi connectivity index (χ2n) is 5.22. The molecule has 3 nitrogen and oxygen atoms in total. The van der Waals surface area contributed by atoms with E-state index in [1.807, 2.05) is 26.0 Å². The third kappa shape index (κ3) is 4.48. The fourth-order valence-electron chi connectivity index (χ4n) is 2.17. The van der Waals surface area contributed by atoms with Crippen LogP contribution < -0.4 is 5.32 Å². The molecule has 0 aromatic heterocycles. The highest BCUT2D eigenvalue weighted by Gasteiger charge is 2.19. The molecule has 4 heteroatoms. The third-order valence-corrected chi connectivity index (χ3v) is 4.25. The molecular weight excluding hydrogens is 282 g/mol. The van der Waals surface area contributed by atoms with Crippen molar-refractivity contribution in [3.8, 4) is 0 Å². The van der Waals surface area contributed by atoms with Crippen LogP contribution in [0.2, 0.25) is 0 Å². The van der Waals surface area contributed by atoms with E-state index in [1.165, 1.54) is 17.9 Å². The summed E-state index contributed by atoms with van der Waals surface area (Å²) >= 11 is 1.67. The van der Waals surface area contributed by atoms with E-state index in [9.17, 15) is 4.79 Å². The van der Waals surface area contributed by atoms with Crippen molar-refractivity contribution in [3.05, 3.63) is 42.5 Å². The minimum Gasteiger partial charge on any atom is -0.468 e. The number of thioether (sulfide) groups is 1. The van der Waals surface area contributed by atoms with Gasteiger partial charge in [0.15, 0.2) is 0 Å². The Morgan fingerprint density at radius 1 is 1.19 bits per heavy atom. The van der Waals surface area contributed by atoms with Crippen molar-refractivity contribution in [1.29, 1.82) is 0 Å². The van der Waals surface area contributed by atoms with Crippen molar-refractivity contribution in [3.63, 3.8) is 0 Å². The summed E-state index contributed by atoms with van der Waals surface area (Å²) in [4.78, 5) is 12.9. The topological polar surface area (TPSA) is 38.3 Å². The first-order valence-corrected chi connectivity index (χ1v) is 8.04. The van der Waals surface area contributed by atoms with Gasteiger partial charge in [0.1, 0.15) is 6.04 Å². The molecule has 0 amide bonds. The summed E-state index contributed by atoms with van der Waals surface area (Å²) in [6, 6.07) is 14.6. The summed E-state index contributed by atoms with van der Waals surface area (Å²) in [5.74, 6) is 0.445. The molecule has 0 aliphatic rings. The van der Waals surface area contributed by atoms with Gasteiger partial charge in [-0.25, -0.2) is 0 Å². The Labute approximate surface area is 130 Å². The van der Waals surface area contributed by atoms with Gasteiger partial charge >= 0.3 is 5.97 Å². The molecular formula is C17H21NO2S. The zero-order valence-electron chi connectivity index (χ0n) is 12.6. The fraction of sp³-hybridized carbons (Fsp3) is 0.353. The molecule has 2 rings (SSSR count). The number of methoxy groups -OCH3 is 1. The van der Waals surface area contributed by atoms with E-state index in [2.05, 4.69) is 35.6 Å². The Kier molecular flexibility index (Phi) is 5.65. The number of ether oxygens (including phenoxy) is 1. The highest BCUT2D eigenvalue weighted by Crippen LogP contribution is 2.24. The fourth-order valence-corrected chi connectivity index (χ4v) is 3.13. The lowest BCUT2D eigenvalue weighted by atomic mass is 10.1. The number of esters is 1. The summed E-state index contributed by atoms with van der Waals surface area (Å²) in [6.45, 7) is 4.05. The Morgan fingerprint density at radius 3 is 2.57 bits per heavy atom. The zero-order chi connectivity index (χ0) is 15.2. The van der Waals surface area contributed by atoms with Gasteiger partial charge < -0.3 is 10.1 Å². The van der Waals surface area contributed by atoms with Crippen LogP contribution in [0, 0.1) is 0 Å². The molecule has 1 N–H and O–H groups in total. The molecule has 0 bridgehead atoms. The average Bonchev–Trinajstić information content (AvgIpc) is 2.50. The van der Waals surface area contributed by atoms with Gasteiger partial charge in [0.25, 0.3) is 0 Å². The predicted octanol–water partition coefficient (Wildman–Crippen LogP) is 3.47. The molecule has 1 atom stereocenters. The normalized spacial score (nSPS) is 12.6. The molecule has 112 valence electrons. The van der Waals surface area contributed by atoms with Gasteiger partial charge in [0.05, 0.1) is 7.11 Å². The molecule has 0 aliphatic carbocycles. The van der Waals surface area contributed by atoms with Crippen molar-refractivity contribution < 1.29 is 9.53 Å². The summed E-state index contributed by atoms with van der Waals surface area (Å²) in [7, 11) is 1.43. The van der Waals surface area contributed by atoms with E-state index in [0.717, 1.165) is 4.90 Å². The van der Waals surface area contributed by atoms with Crippen molar-refractivity contribution in [1.82, 2.24) is 5.32 Å². The first-order valence-electron chi connectivity index (χ1n) is 7.05. The molecule has 0 spiro atoms. The smallest absolute Gasteiger partial charge is 0.323 e. The molecule has 21 heavy (non-hydrogen) atoms. The van der Waals surface area contributed by atoms with Gasteiger partial charge in [0.2, 0.25) is 0 Å². The van der Waals surface area contributed by atoms with Crippen LogP contribution in [0.1, 0.15) is 13.8 Å². The minimum atomic E-state index is -0.286. The maximum absolute atomic E-state index is 11.8. The van der Waals surface area contributed by atoms with Gasteiger partial charge in [-0.1, -0.05) is 44.2 Å². The van der Waals surface area contributed by atoms with E-state index in [-0.39, 0.29) is 18.1 Å². The molecule has 0 saturated heterocycles. The first kappa shape index (κ1) is 15.9. The van der Waals surface area contributed by atoms with Crippen molar-refractivity contribution in [2.24, 2.45) is 0 Å². The predicted molar refractivity (Wildman–Crippen MR) is 88.7 cm³/mol. The Morgan fingerprint density at radius 2 is 1.90 bits per heavy atom. The molecule has 0 radical (unpaired) electrons. The summed E-state index contributed by atoms with van der Waals surface area (Å²) in [5, 5.41) is 5.69. The lowest BCUT2D eigenvalue weighted by Gasteiger charge is -2.18. The lowest BCUT2D eigenvalue weighted by Crippen LogP contribution is -2.43. The van der Waals surface area contributed by atoms with Crippen LogP contribution in [-0.2, 0) is 9.53 Å². The Bertz CT molecular complexity index is 613. The molecule has 0 saturated carbocycles. The number of benzene rings is 2. The van der Waals surface area contributed by atoms with Gasteiger partial charge in [-0.05, 0) is 22.9 Å². The van der Waals surface area contributed by atoms with E-state index in [0.29, 0.717) is 5.75 Å². The van der Waals surface area contributed by atoms with E-state index in [1.54, 1.807) is 11.8 Å². The minimum absolute atomic E-state index is 0.211. The maximum Gasteiger partial charge on any atom is 0.323 e. The van der Waals surface area contributed by atoms with Gasteiger partial charge in [-0.2, -0.15) is 0 Å². The number of carbonyl (C=O) groups excluding carboxylic acids is 1.